The second-order valence-corrected chi connectivity index (χ2v) is 4.85. The van der Waals surface area contributed by atoms with Crippen molar-refractivity contribution in [1.29, 1.82) is 0 Å². The molecule has 0 heterocycles. The number of hydrogen-bond acceptors (Lipinski definition) is 3. The fraction of sp³-hybridized carbons (Fsp3) is 0.500. The Morgan fingerprint density at radius 1 is 1.28 bits per heavy atom. The summed E-state index contributed by atoms with van der Waals surface area (Å²) in [6.45, 7) is -0.152. The molecule has 2 atom stereocenters. The number of nitro groups is 1. The summed E-state index contributed by atoms with van der Waals surface area (Å²) >= 11 is 0. The molecule has 2 rings (SSSR count). The Morgan fingerprint density at radius 3 is 2.61 bits per heavy atom. The zero-order chi connectivity index (χ0) is 13.0. The van der Waals surface area contributed by atoms with Gasteiger partial charge in [0.15, 0.2) is 0 Å². The zero-order valence-corrected chi connectivity index (χ0v) is 10.2. The quantitative estimate of drug-likeness (QED) is 0.607. The highest BCUT2D eigenvalue weighted by Gasteiger charge is 2.34. The van der Waals surface area contributed by atoms with E-state index in [2.05, 4.69) is 0 Å². The number of carbonyl (C=O) groups is 1. The van der Waals surface area contributed by atoms with Crippen LogP contribution in [0.3, 0.4) is 0 Å². The van der Waals surface area contributed by atoms with Crippen LogP contribution in [0.25, 0.3) is 0 Å². The van der Waals surface area contributed by atoms with Crippen molar-refractivity contribution in [2.24, 2.45) is 5.92 Å². The first kappa shape index (κ1) is 12.7. The van der Waals surface area contributed by atoms with Crippen molar-refractivity contribution in [2.45, 2.75) is 31.6 Å². The van der Waals surface area contributed by atoms with Crippen LogP contribution in [0.15, 0.2) is 30.3 Å². The summed E-state index contributed by atoms with van der Waals surface area (Å²) in [5, 5.41) is 10.8. The Morgan fingerprint density at radius 2 is 2.00 bits per heavy atom. The number of ketones is 1. The molecule has 1 unspecified atom stereocenters. The molecule has 1 aliphatic rings. The van der Waals surface area contributed by atoms with Crippen LogP contribution in [0.1, 0.15) is 37.2 Å². The van der Waals surface area contributed by atoms with Gasteiger partial charge in [0, 0.05) is 17.3 Å². The minimum absolute atomic E-state index is 0.152. The molecule has 1 aliphatic carbocycles. The van der Waals surface area contributed by atoms with Crippen LogP contribution in [0.5, 0.6) is 0 Å². The number of benzene rings is 1. The van der Waals surface area contributed by atoms with Crippen LogP contribution in [0.4, 0.5) is 0 Å². The van der Waals surface area contributed by atoms with Gasteiger partial charge >= 0.3 is 0 Å². The number of Topliss-reactive ketones (excluding diaryl/α,β-unsaturated/α-hetero) is 1. The summed E-state index contributed by atoms with van der Waals surface area (Å²) in [5.74, 6) is -0.252. The summed E-state index contributed by atoms with van der Waals surface area (Å²) in [5.41, 5.74) is 0.912. The van der Waals surface area contributed by atoms with Crippen LogP contribution in [0.2, 0.25) is 0 Å². The standard InChI is InChI=1S/C14H17NO3/c16-14-9-5-4-8-12(14)13(10-15(17)18)11-6-2-1-3-7-11/h1-3,6-7,12-13H,4-5,8-10H2/t12-,13?/m0/s1. The van der Waals surface area contributed by atoms with Crippen molar-refractivity contribution >= 4 is 5.78 Å². The lowest BCUT2D eigenvalue weighted by Gasteiger charge is -2.26. The molecule has 0 amide bonds. The molecule has 1 aromatic rings. The first-order chi connectivity index (χ1) is 8.68. The molecule has 0 N–H and O–H groups in total. The lowest BCUT2D eigenvalue weighted by molar-refractivity contribution is -0.484. The first-order valence-electron chi connectivity index (χ1n) is 6.38. The van der Waals surface area contributed by atoms with E-state index < -0.39 is 0 Å². The third-order valence-corrected chi connectivity index (χ3v) is 3.66. The molecule has 1 saturated carbocycles. The van der Waals surface area contributed by atoms with Crippen molar-refractivity contribution in [3.8, 4) is 0 Å². The number of carbonyl (C=O) groups excluding carboxylic acids is 1. The van der Waals surface area contributed by atoms with Gasteiger partial charge in [-0.1, -0.05) is 36.8 Å². The van der Waals surface area contributed by atoms with Crippen molar-refractivity contribution < 1.29 is 9.72 Å². The van der Waals surface area contributed by atoms with Gasteiger partial charge in [0.2, 0.25) is 6.54 Å². The van der Waals surface area contributed by atoms with E-state index in [1.54, 1.807) is 0 Å². The van der Waals surface area contributed by atoms with Gasteiger partial charge in [0.25, 0.3) is 0 Å². The minimum atomic E-state index is -0.306. The Labute approximate surface area is 106 Å². The first-order valence-corrected chi connectivity index (χ1v) is 6.38. The summed E-state index contributed by atoms with van der Waals surface area (Å²) in [6, 6.07) is 9.40. The summed E-state index contributed by atoms with van der Waals surface area (Å²) < 4.78 is 0. The van der Waals surface area contributed by atoms with Gasteiger partial charge < -0.3 is 0 Å². The monoisotopic (exact) mass is 247 g/mol. The number of rotatable bonds is 4. The molecule has 96 valence electrons. The van der Waals surface area contributed by atoms with Gasteiger partial charge in [-0.25, -0.2) is 0 Å². The third kappa shape index (κ3) is 2.94. The maximum atomic E-state index is 12.0. The molecule has 1 fully saturated rings. The van der Waals surface area contributed by atoms with E-state index in [4.69, 9.17) is 0 Å². The average Bonchev–Trinajstić information content (AvgIpc) is 2.38. The molecule has 0 spiro atoms. The largest absolute Gasteiger partial charge is 0.299 e. The van der Waals surface area contributed by atoms with E-state index >= 15 is 0 Å². The van der Waals surface area contributed by atoms with Gasteiger partial charge in [0.1, 0.15) is 5.78 Å². The van der Waals surface area contributed by atoms with Gasteiger partial charge in [-0.05, 0) is 18.4 Å². The Hall–Kier alpha value is -1.71. The predicted octanol–water partition coefficient (Wildman–Crippen LogP) is 2.81. The lowest BCUT2D eigenvalue weighted by atomic mass is 9.76. The van der Waals surface area contributed by atoms with Crippen LogP contribution in [0, 0.1) is 16.0 Å². The van der Waals surface area contributed by atoms with E-state index in [1.807, 2.05) is 30.3 Å². The van der Waals surface area contributed by atoms with E-state index in [1.165, 1.54) is 0 Å². The van der Waals surface area contributed by atoms with Crippen molar-refractivity contribution in [2.75, 3.05) is 6.54 Å². The highest BCUT2D eigenvalue weighted by Crippen LogP contribution is 2.34. The van der Waals surface area contributed by atoms with Crippen LogP contribution in [-0.2, 0) is 4.79 Å². The average molecular weight is 247 g/mol. The van der Waals surface area contributed by atoms with Crippen LogP contribution < -0.4 is 0 Å². The van der Waals surface area contributed by atoms with E-state index in [9.17, 15) is 14.9 Å². The topological polar surface area (TPSA) is 60.2 Å². The SMILES string of the molecule is O=C1CCCC[C@H]1C(C[N+](=O)[O-])c1ccccc1. The molecule has 0 aliphatic heterocycles. The lowest BCUT2D eigenvalue weighted by Crippen LogP contribution is -2.30. The van der Waals surface area contributed by atoms with Crippen LogP contribution >= 0.6 is 0 Å². The Bertz CT molecular complexity index is 430. The highest BCUT2D eigenvalue weighted by molar-refractivity contribution is 5.82. The molecule has 0 aromatic heterocycles. The molecule has 1 aromatic carbocycles. The molecule has 18 heavy (non-hydrogen) atoms. The molecule has 4 heteroatoms. The maximum absolute atomic E-state index is 12.0. The highest BCUT2D eigenvalue weighted by atomic mass is 16.6. The van der Waals surface area contributed by atoms with Crippen molar-refractivity contribution in [3.05, 3.63) is 46.0 Å². The van der Waals surface area contributed by atoms with E-state index in [-0.39, 0.29) is 29.1 Å². The molecule has 4 nitrogen and oxygen atoms in total. The fourth-order valence-corrected chi connectivity index (χ4v) is 2.76. The van der Waals surface area contributed by atoms with E-state index in [0.717, 1.165) is 24.8 Å². The summed E-state index contributed by atoms with van der Waals surface area (Å²) in [6.07, 6.45) is 3.28. The second kappa shape index (κ2) is 5.76. The maximum Gasteiger partial charge on any atom is 0.211 e. The van der Waals surface area contributed by atoms with Gasteiger partial charge in [-0.15, -0.1) is 0 Å². The normalized spacial score (nSPS) is 21.6. The number of hydrogen-bond donors (Lipinski definition) is 0. The molecular weight excluding hydrogens is 230 g/mol. The van der Waals surface area contributed by atoms with Gasteiger partial charge in [-0.3, -0.25) is 14.9 Å². The zero-order valence-electron chi connectivity index (χ0n) is 10.2. The Balaban J connectivity index is 2.24. The fourth-order valence-electron chi connectivity index (χ4n) is 2.76. The van der Waals surface area contributed by atoms with Gasteiger partial charge in [-0.2, -0.15) is 0 Å². The second-order valence-electron chi connectivity index (χ2n) is 4.85. The predicted molar refractivity (Wildman–Crippen MR) is 68.0 cm³/mol. The molecule has 0 radical (unpaired) electrons. The third-order valence-electron chi connectivity index (χ3n) is 3.66. The minimum Gasteiger partial charge on any atom is -0.299 e. The van der Waals surface area contributed by atoms with Crippen LogP contribution in [-0.4, -0.2) is 17.3 Å². The van der Waals surface area contributed by atoms with Crippen molar-refractivity contribution in [1.82, 2.24) is 0 Å². The molecular formula is C14H17NO3. The van der Waals surface area contributed by atoms with Gasteiger partial charge in [0.05, 0.1) is 5.92 Å². The summed E-state index contributed by atoms with van der Waals surface area (Å²) in [4.78, 5) is 22.5. The summed E-state index contributed by atoms with van der Waals surface area (Å²) in [7, 11) is 0. The number of nitrogens with zero attached hydrogens (tertiary/aromatic N) is 1. The molecule has 0 saturated heterocycles. The molecule has 0 bridgehead atoms. The smallest absolute Gasteiger partial charge is 0.211 e. The van der Waals surface area contributed by atoms with Crippen molar-refractivity contribution in [3.63, 3.8) is 0 Å². The Kier molecular flexibility index (Phi) is 4.07. The van der Waals surface area contributed by atoms with E-state index in [0.29, 0.717) is 6.42 Å².